The summed E-state index contributed by atoms with van der Waals surface area (Å²) in [7, 11) is 3.68. The molecule has 0 aromatic rings. The van der Waals surface area contributed by atoms with Crippen LogP contribution >= 0.6 is 24.0 Å². The predicted octanol–water partition coefficient (Wildman–Crippen LogP) is 2.22. The predicted molar refractivity (Wildman–Crippen MR) is 99.3 cm³/mol. The van der Waals surface area contributed by atoms with Crippen molar-refractivity contribution in [1.82, 2.24) is 15.5 Å². The Morgan fingerprint density at radius 3 is 2.29 bits per heavy atom. The van der Waals surface area contributed by atoms with Crippen molar-refractivity contribution in [3.8, 4) is 0 Å². The number of carbonyl (C=O) groups excluding carboxylic acids is 1. The quantitative estimate of drug-likeness (QED) is 0.401. The van der Waals surface area contributed by atoms with E-state index in [0.29, 0.717) is 6.54 Å². The minimum atomic E-state index is -0.280. The molecule has 1 fully saturated rings. The van der Waals surface area contributed by atoms with E-state index in [4.69, 9.17) is 0 Å². The third kappa shape index (κ3) is 6.00. The molecule has 1 aliphatic rings. The van der Waals surface area contributed by atoms with E-state index >= 15 is 0 Å². The standard InChI is InChI=1S/C15H30N4O.HI/c1-5-11-17-14(16-6-2)18-12-15(9-7-8-10-15)13(20)19(3)4;/h5-12H2,1-4H3,(H2,16,17,18);1H. The Morgan fingerprint density at radius 1 is 1.19 bits per heavy atom. The highest BCUT2D eigenvalue weighted by Gasteiger charge is 2.41. The van der Waals surface area contributed by atoms with Crippen molar-refractivity contribution in [3.05, 3.63) is 0 Å². The first-order valence-electron chi connectivity index (χ1n) is 7.79. The fraction of sp³-hybridized carbons (Fsp3) is 0.867. The third-order valence-corrected chi connectivity index (χ3v) is 3.85. The van der Waals surface area contributed by atoms with Gasteiger partial charge in [-0.1, -0.05) is 19.8 Å². The molecule has 5 nitrogen and oxygen atoms in total. The van der Waals surface area contributed by atoms with Crippen LogP contribution in [0, 0.1) is 5.41 Å². The van der Waals surface area contributed by atoms with Crippen molar-refractivity contribution in [2.45, 2.75) is 46.0 Å². The highest BCUT2D eigenvalue weighted by atomic mass is 127. The van der Waals surface area contributed by atoms with Gasteiger partial charge < -0.3 is 15.5 Å². The number of rotatable bonds is 6. The highest BCUT2D eigenvalue weighted by Crippen LogP contribution is 2.39. The molecule has 0 bridgehead atoms. The van der Waals surface area contributed by atoms with Crippen molar-refractivity contribution in [2.75, 3.05) is 33.7 Å². The van der Waals surface area contributed by atoms with Gasteiger partial charge in [0.15, 0.2) is 5.96 Å². The minimum Gasteiger partial charge on any atom is -0.357 e. The monoisotopic (exact) mass is 410 g/mol. The molecular weight excluding hydrogens is 379 g/mol. The summed E-state index contributed by atoms with van der Waals surface area (Å²) >= 11 is 0. The molecular formula is C15H31IN4O. The Bertz CT molecular complexity index is 339. The van der Waals surface area contributed by atoms with Crippen LogP contribution in [-0.4, -0.2) is 50.5 Å². The lowest BCUT2D eigenvalue weighted by molar-refractivity contribution is -0.138. The summed E-state index contributed by atoms with van der Waals surface area (Å²) < 4.78 is 0. The molecule has 0 atom stereocenters. The Kier molecular flexibility index (Phi) is 9.98. The number of guanidine groups is 1. The fourth-order valence-electron chi connectivity index (χ4n) is 2.78. The SMILES string of the molecule is CCCNC(=NCC1(C(=O)N(C)C)CCCC1)NCC.I. The fourth-order valence-corrected chi connectivity index (χ4v) is 2.78. The van der Waals surface area contributed by atoms with E-state index < -0.39 is 0 Å². The summed E-state index contributed by atoms with van der Waals surface area (Å²) in [5.74, 6) is 1.05. The molecule has 2 N–H and O–H groups in total. The number of hydrogen-bond acceptors (Lipinski definition) is 2. The van der Waals surface area contributed by atoms with E-state index in [-0.39, 0.29) is 35.3 Å². The molecule has 1 saturated carbocycles. The first-order valence-corrected chi connectivity index (χ1v) is 7.79. The van der Waals surface area contributed by atoms with Gasteiger partial charge in [-0.05, 0) is 26.2 Å². The van der Waals surface area contributed by atoms with Gasteiger partial charge in [-0.2, -0.15) is 0 Å². The molecule has 21 heavy (non-hydrogen) atoms. The van der Waals surface area contributed by atoms with Gasteiger partial charge in [-0.3, -0.25) is 9.79 Å². The summed E-state index contributed by atoms with van der Waals surface area (Å²) in [6, 6.07) is 0. The number of amides is 1. The van der Waals surface area contributed by atoms with E-state index in [1.807, 2.05) is 14.1 Å². The van der Waals surface area contributed by atoms with Gasteiger partial charge in [-0.15, -0.1) is 24.0 Å². The molecule has 0 radical (unpaired) electrons. The summed E-state index contributed by atoms with van der Waals surface area (Å²) in [6.45, 7) is 6.51. The summed E-state index contributed by atoms with van der Waals surface area (Å²) in [5.41, 5.74) is -0.280. The van der Waals surface area contributed by atoms with Gasteiger partial charge in [0.1, 0.15) is 0 Å². The summed E-state index contributed by atoms with van der Waals surface area (Å²) in [4.78, 5) is 18.8. The lowest BCUT2D eigenvalue weighted by Crippen LogP contribution is -2.43. The third-order valence-electron chi connectivity index (χ3n) is 3.85. The average Bonchev–Trinajstić information content (AvgIpc) is 2.91. The molecule has 1 amide bonds. The van der Waals surface area contributed by atoms with Crippen molar-refractivity contribution >= 4 is 35.8 Å². The highest BCUT2D eigenvalue weighted by molar-refractivity contribution is 14.0. The van der Waals surface area contributed by atoms with Gasteiger partial charge in [0.2, 0.25) is 5.91 Å². The number of nitrogens with one attached hydrogen (secondary N) is 2. The van der Waals surface area contributed by atoms with E-state index in [9.17, 15) is 4.79 Å². The Balaban J connectivity index is 0.00000400. The van der Waals surface area contributed by atoms with Crippen molar-refractivity contribution in [2.24, 2.45) is 10.4 Å². The van der Waals surface area contributed by atoms with Gasteiger partial charge in [0.05, 0.1) is 12.0 Å². The molecule has 0 aromatic heterocycles. The second-order valence-electron chi connectivity index (χ2n) is 5.81. The molecule has 1 rings (SSSR count). The number of nitrogens with zero attached hydrogens (tertiary/aromatic N) is 2. The van der Waals surface area contributed by atoms with Crippen molar-refractivity contribution in [3.63, 3.8) is 0 Å². The molecule has 0 spiro atoms. The van der Waals surface area contributed by atoms with Gasteiger partial charge in [0.25, 0.3) is 0 Å². The molecule has 0 saturated heterocycles. The Labute approximate surface area is 146 Å². The van der Waals surface area contributed by atoms with Crippen LogP contribution in [0.1, 0.15) is 46.0 Å². The van der Waals surface area contributed by atoms with Gasteiger partial charge >= 0.3 is 0 Å². The first-order chi connectivity index (χ1) is 9.55. The van der Waals surface area contributed by atoms with Gasteiger partial charge in [-0.25, -0.2) is 0 Å². The molecule has 0 aliphatic heterocycles. The van der Waals surface area contributed by atoms with Crippen LogP contribution in [0.3, 0.4) is 0 Å². The lowest BCUT2D eigenvalue weighted by atomic mass is 9.85. The normalized spacial score (nSPS) is 17.0. The topological polar surface area (TPSA) is 56.7 Å². The largest absolute Gasteiger partial charge is 0.357 e. The van der Waals surface area contributed by atoms with E-state index in [1.165, 1.54) is 0 Å². The number of aliphatic imine (C=N–C) groups is 1. The molecule has 0 aromatic carbocycles. The zero-order valence-corrected chi connectivity index (χ0v) is 16.2. The Morgan fingerprint density at radius 2 is 1.81 bits per heavy atom. The molecule has 1 aliphatic carbocycles. The van der Waals surface area contributed by atoms with Crippen LogP contribution in [0.15, 0.2) is 4.99 Å². The van der Waals surface area contributed by atoms with E-state index in [0.717, 1.165) is 51.2 Å². The maximum atomic E-state index is 12.5. The molecule has 0 unspecified atom stereocenters. The maximum absolute atomic E-state index is 12.5. The summed E-state index contributed by atoms with van der Waals surface area (Å²) in [6.07, 6.45) is 5.25. The first kappa shape index (κ1) is 20.5. The molecule has 124 valence electrons. The lowest BCUT2D eigenvalue weighted by Gasteiger charge is -2.29. The Hall–Kier alpha value is -0.530. The molecule has 6 heteroatoms. The van der Waals surface area contributed by atoms with Crippen LogP contribution in [0.25, 0.3) is 0 Å². The van der Waals surface area contributed by atoms with Crippen LogP contribution in [-0.2, 0) is 4.79 Å². The second-order valence-corrected chi connectivity index (χ2v) is 5.81. The van der Waals surface area contributed by atoms with Crippen LogP contribution in [0.5, 0.6) is 0 Å². The smallest absolute Gasteiger partial charge is 0.230 e. The zero-order chi connectivity index (χ0) is 15.0. The second kappa shape index (κ2) is 10.2. The average molecular weight is 410 g/mol. The number of hydrogen-bond donors (Lipinski definition) is 2. The number of carbonyl (C=O) groups is 1. The van der Waals surface area contributed by atoms with Crippen LogP contribution in [0.2, 0.25) is 0 Å². The molecule has 0 heterocycles. The number of halogens is 1. The van der Waals surface area contributed by atoms with E-state index in [2.05, 4.69) is 29.5 Å². The van der Waals surface area contributed by atoms with Crippen molar-refractivity contribution in [1.29, 1.82) is 0 Å². The summed E-state index contributed by atoms with van der Waals surface area (Å²) in [5, 5.41) is 6.53. The van der Waals surface area contributed by atoms with Crippen molar-refractivity contribution < 1.29 is 4.79 Å². The maximum Gasteiger partial charge on any atom is 0.230 e. The van der Waals surface area contributed by atoms with Crippen LogP contribution < -0.4 is 10.6 Å². The minimum absolute atomic E-state index is 0. The van der Waals surface area contributed by atoms with Crippen LogP contribution in [0.4, 0.5) is 0 Å². The zero-order valence-electron chi connectivity index (χ0n) is 13.9. The van der Waals surface area contributed by atoms with E-state index in [1.54, 1.807) is 4.90 Å². The van der Waals surface area contributed by atoms with Gasteiger partial charge in [0, 0.05) is 27.2 Å².